The molecule has 0 bridgehead atoms. The van der Waals surface area contributed by atoms with Gasteiger partial charge in [-0.15, -0.1) is 0 Å². The van der Waals surface area contributed by atoms with Crippen LogP contribution in [0.5, 0.6) is 5.75 Å². The molecule has 3 rings (SSSR count). The lowest BCUT2D eigenvalue weighted by atomic mass is 10.1. The number of fused-ring (bicyclic) bond motifs is 3. The van der Waals surface area contributed by atoms with E-state index in [0.29, 0.717) is 23.4 Å². The second-order valence-electron chi connectivity index (χ2n) is 5.53. The predicted molar refractivity (Wildman–Crippen MR) is 91.8 cm³/mol. The number of carbonyl (C=O) groups is 1. The number of anilines is 1. The highest BCUT2D eigenvalue weighted by Gasteiger charge is 2.17. The molecule has 0 saturated heterocycles. The number of nitrogens with two attached hydrogens (primary N) is 1. The molecule has 3 aromatic rings. The second kappa shape index (κ2) is 6.30. The van der Waals surface area contributed by atoms with Crippen molar-refractivity contribution in [2.75, 3.05) is 12.4 Å². The number of methoxy groups -OCH3 is 1. The van der Waals surface area contributed by atoms with Crippen LogP contribution in [0, 0.1) is 0 Å². The highest BCUT2D eigenvalue weighted by molar-refractivity contribution is 6.08. The summed E-state index contributed by atoms with van der Waals surface area (Å²) >= 11 is 0. The summed E-state index contributed by atoms with van der Waals surface area (Å²) in [5.74, 6) is 0.363. The van der Waals surface area contributed by atoms with Crippen LogP contribution in [0.15, 0.2) is 40.8 Å². The van der Waals surface area contributed by atoms with Crippen molar-refractivity contribution < 1.29 is 13.9 Å². The molecule has 23 heavy (non-hydrogen) atoms. The third-order valence-electron chi connectivity index (χ3n) is 3.89. The number of benzene rings is 2. The maximum Gasteiger partial charge on any atom is 0.241 e. The van der Waals surface area contributed by atoms with Crippen molar-refractivity contribution in [1.29, 1.82) is 0 Å². The lowest BCUT2D eigenvalue weighted by molar-refractivity contribution is -0.117. The molecule has 1 atom stereocenters. The minimum Gasteiger partial charge on any atom is -0.495 e. The molecule has 1 aromatic heterocycles. The Morgan fingerprint density at radius 3 is 2.78 bits per heavy atom. The van der Waals surface area contributed by atoms with E-state index >= 15 is 0 Å². The molecule has 5 heteroatoms. The van der Waals surface area contributed by atoms with Crippen LogP contribution in [-0.4, -0.2) is 19.1 Å². The average Bonchev–Trinajstić information content (AvgIpc) is 2.91. The molecular formula is C18H20N2O3. The first kappa shape index (κ1) is 15.4. The second-order valence-corrected chi connectivity index (χ2v) is 5.53. The summed E-state index contributed by atoms with van der Waals surface area (Å²) in [4.78, 5) is 12.2. The van der Waals surface area contributed by atoms with E-state index in [1.807, 2.05) is 37.3 Å². The van der Waals surface area contributed by atoms with Gasteiger partial charge in [-0.05, 0) is 18.6 Å². The molecule has 0 aliphatic carbocycles. The topological polar surface area (TPSA) is 77.5 Å². The minimum absolute atomic E-state index is 0.222. The third kappa shape index (κ3) is 2.87. The number of amides is 1. The van der Waals surface area contributed by atoms with Gasteiger partial charge in [0.15, 0.2) is 0 Å². The Kier molecular flexibility index (Phi) is 4.21. The number of furan rings is 1. The first-order chi connectivity index (χ1) is 11.1. The molecule has 120 valence electrons. The average molecular weight is 312 g/mol. The Labute approximate surface area is 134 Å². The van der Waals surface area contributed by atoms with Crippen LogP contribution in [-0.2, 0) is 4.79 Å². The van der Waals surface area contributed by atoms with Gasteiger partial charge in [0.25, 0.3) is 0 Å². The third-order valence-corrected chi connectivity index (χ3v) is 3.89. The van der Waals surface area contributed by atoms with Gasteiger partial charge in [0.2, 0.25) is 5.91 Å². The number of nitrogens with one attached hydrogen (secondary N) is 1. The number of rotatable bonds is 5. The molecule has 0 aliphatic heterocycles. The molecule has 0 aliphatic rings. The maximum absolute atomic E-state index is 12.2. The van der Waals surface area contributed by atoms with Crippen LogP contribution in [0.3, 0.4) is 0 Å². The Hall–Kier alpha value is -2.53. The molecule has 0 radical (unpaired) electrons. The van der Waals surface area contributed by atoms with Gasteiger partial charge >= 0.3 is 0 Å². The molecule has 1 heterocycles. The van der Waals surface area contributed by atoms with E-state index in [1.165, 1.54) is 0 Å². The number of ether oxygens (including phenoxy) is 1. The van der Waals surface area contributed by atoms with E-state index in [-0.39, 0.29) is 5.91 Å². The summed E-state index contributed by atoms with van der Waals surface area (Å²) in [5, 5.41) is 4.80. The Bertz CT molecular complexity index is 854. The first-order valence-corrected chi connectivity index (χ1v) is 7.69. The largest absolute Gasteiger partial charge is 0.495 e. The zero-order valence-electron chi connectivity index (χ0n) is 13.3. The standard InChI is InChI=1S/C18H20N2O3/c1-3-6-13(19)18(21)20-14-10-16-12(9-17(14)22-2)11-7-4-5-8-15(11)23-16/h4-5,7-10,13H,3,6,19H2,1-2H3,(H,20,21). The van der Waals surface area contributed by atoms with Gasteiger partial charge in [-0.1, -0.05) is 31.5 Å². The molecule has 3 N–H and O–H groups in total. The van der Waals surface area contributed by atoms with Crippen LogP contribution >= 0.6 is 0 Å². The summed E-state index contributed by atoms with van der Waals surface area (Å²) in [6, 6.07) is 10.9. The van der Waals surface area contributed by atoms with Gasteiger partial charge in [-0.25, -0.2) is 0 Å². The molecule has 0 fully saturated rings. The van der Waals surface area contributed by atoms with Crippen LogP contribution in [0.1, 0.15) is 19.8 Å². The number of hydrogen-bond donors (Lipinski definition) is 2. The van der Waals surface area contributed by atoms with Crippen molar-refractivity contribution in [3.8, 4) is 5.75 Å². The first-order valence-electron chi connectivity index (χ1n) is 7.69. The summed E-state index contributed by atoms with van der Waals surface area (Å²) in [7, 11) is 1.57. The van der Waals surface area contributed by atoms with Gasteiger partial charge in [0, 0.05) is 16.8 Å². The van der Waals surface area contributed by atoms with Gasteiger partial charge in [-0.3, -0.25) is 4.79 Å². The van der Waals surface area contributed by atoms with Crippen molar-refractivity contribution in [3.05, 3.63) is 36.4 Å². The van der Waals surface area contributed by atoms with Crippen molar-refractivity contribution in [2.24, 2.45) is 5.73 Å². The predicted octanol–water partition coefficient (Wildman–Crippen LogP) is 3.66. The van der Waals surface area contributed by atoms with E-state index in [9.17, 15) is 4.79 Å². The summed E-state index contributed by atoms with van der Waals surface area (Å²) in [5.41, 5.74) is 7.93. The van der Waals surface area contributed by atoms with Gasteiger partial charge in [0.1, 0.15) is 16.9 Å². The van der Waals surface area contributed by atoms with Crippen molar-refractivity contribution in [1.82, 2.24) is 0 Å². The van der Waals surface area contributed by atoms with Crippen LogP contribution < -0.4 is 15.8 Å². The van der Waals surface area contributed by atoms with Crippen LogP contribution in [0.2, 0.25) is 0 Å². The quantitative estimate of drug-likeness (QED) is 0.753. The van der Waals surface area contributed by atoms with Crippen molar-refractivity contribution in [3.63, 3.8) is 0 Å². The van der Waals surface area contributed by atoms with Gasteiger partial charge in [0.05, 0.1) is 18.8 Å². The van der Waals surface area contributed by atoms with E-state index in [4.69, 9.17) is 14.9 Å². The van der Waals surface area contributed by atoms with E-state index < -0.39 is 6.04 Å². The van der Waals surface area contributed by atoms with Crippen molar-refractivity contribution >= 4 is 33.5 Å². The summed E-state index contributed by atoms with van der Waals surface area (Å²) < 4.78 is 11.3. The number of hydrogen-bond acceptors (Lipinski definition) is 4. The fourth-order valence-electron chi connectivity index (χ4n) is 2.69. The van der Waals surface area contributed by atoms with Crippen molar-refractivity contribution in [2.45, 2.75) is 25.8 Å². The zero-order valence-corrected chi connectivity index (χ0v) is 13.3. The fourth-order valence-corrected chi connectivity index (χ4v) is 2.69. The number of carbonyl (C=O) groups excluding carboxylic acids is 1. The molecular weight excluding hydrogens is 292 g/mol. The Balaban J connectivity index is 2.03. The molecule has 1 amide bonds. The smallest absolute Gasteiger partial charge is 0.241 e. The Morgan fingerprint density at radius 2 is 2.04 bits per heavy atom. The molecule has 1 unspecified atom stereocenters. The maximum atomic E-state index is 12.2. The summed E-state index contributed by atoms with van der Waals surface area (Å²) in [6.45, 7) is 1.99. The Morgan fingerprint density at radius 1 is 1.26 bits per heavy atom. The molecule has 5 nitrogen and oxygen atoms in total. The van der Waals surface area contributed by atoms with E-state index in [1.54, 1.807) is 13.2 Å². The lowest BCUT2D eigenvalue weighted by Crippen LogP contribution is -2.35. The fraction of sp³-hybridized carbons (Fsp3) is 0.278. The highest BCUT2D eigenvalue weighted by atomic mass is 16.5. The lowest BCUT2D eigenvalue weighted by Gasteiger charge is -2.13. The van der Waals surface area contributed by atoms with Gasteiger partial charge < -0.3 is 20.2 Å². The molecule has 2 aromatic carbocycles. The minimum atomic E-state index is -0.531. The normalized spacial score (nSPS) is 12.5. The molecule has 0 saturated carbocycles. The van der Waals surface area contributed by atoms with E-state index in [0.717, 1.165) is 22.8 Å². The highest BCUT2D eigenvalue weighted by Crippen LogP contribution is 2.36. The van der Waals surface area contributed by atoms with Crippen LogP contribution in [0.4, 0.5) is 5.69 Å². The monoisotopic (exact) mass is 312 g/mol. The molecule has 0 spiro atoms. The van der Waals surface area contributed by atoms with Crippen LogP contribution in [0.25, 0.3) is 21.9 Å². The summed E-state index contributed by atoms with van der Waals surface area (Å²) in [6.07, 6.45) is 1.50. The SMILES string of the molecule is CCCC(N)C(=O)Nc1cc2oc3ccccc3c2cc1OC. The number of para-hydroxylation sites is 1. The van der Waals surface area contributed by atoms with E-state index in [2.05, 4.69) is 5.32 Å². The zero-order chi connectivity index (χ0) is 16.4. The van der Waals surface area contributed by atoms with Gasteiger partial charge in [-0.2, -0.15) is 0 Å².